The molecule has 1 aliphatic heterocycles. The lowest BCUT2D eigenvalue weighted by molar-refractivity contribution is -0.0841. The van der Waals surface area contributed by atoms with Gasteiger partial charge in [0.05, 0.1) is 18.1 Å². The highest BCUT2D eigenvalue weighted by Crippen LogP contribution is 2.18. The molecule has 74 valence electrons. The lowest BCUT2D eigenvalue weighted by Gasteiger charge is -2.31. The first-order valence-corrected chi connectivity index (χ1v) is 3.48. The van der Waals surface area contributed by atoms with Gasteiger partial charge in [-0.2, -0.15) is 0 Å². The maximum absolute atomic E-state index is 12.0. The first-order chi connectivity index (χ1) is 5.13. The zero-order valence-electron chi connectivity index (χ0n) is 6.28. The third-order valence-electron chi connectivity index (χ3n) is 1.89. The van der Waals surface area contributed by atoms with E-state index in [9.17, 15) is 8.78 Å². The Morgan fingerprint density at radius 3 is 2.25 bits per heavy atom. The van der Waals surface area contributed by atoms with Gasteiger partial charge in [0.1, 0.15) is 0 Å². The van der Waals surface area contributed by atoms with E-state index in [1.807, 2.05) is 0 Å². The fourth-order valence-electron chi connectivity index (χ4n) is 1.16. The highest BCUT2D eigenvalue weighted by atomic mass is 35.5. The maximum atomic E-state index is 12.0. The predicted molar refractivity (Wildman–Crippen MR) is 41.6 cm³/mol. The molecule has 3 atom stereocenters. The van der Waals surface area contributed by atoms with Crippen molar-refractivity contribution in [1.82, 2.24) is 5.32 Å². The molecule has 0 bridgehead atoms. The van der Waals surface area contributed by atoms with Crippen molar-refractivity contribution in [3.05, 3.63) is 0 Å². The molecule has 6 heteroatoms. The van der Waals surface area contributed by atoms with Crippen LogP contribution < -0.4 is 5.32 Å². The Labute approximate surface area is 75.2 Å². The second-order valence-corrected chi connectivity index (χ2v) is 2.71. The van der Waals surface area contributed by atoms with Crippen molar-refractivity contribution in [3.63, 3.8) is 0 Å². The second-order valence-electron chi connectivity index (χ2n) is 2.71. The number of β-amino-alcohol motifs (C(OH)–C–C–N with tert-alkyl or cyclic N) is 1. The number of aliphatic hydroxyl groups is 2. The summed E-state index contributed by atoms with van der Waals surface area (Å²) in [6, 6.07) is 0. The van der Waals surface area contributed by atoms with Crippen LogP contribution in [0.1, 0.15) is 0 Å². The molecule has 0 aromatic carbocycles. The number of aliphatic hydroxyl groups excluding tert-OH is 2. The summed E-state index contributed by atoms with van der Waals surface area (Å²) >= 11 is 0. The Bertz CT molecular complexity index is 139. The lowest BCUT2D eigenvalue weighted by atomic mass is 9.94. The second kappa shape index (κ2) is 4.91. The number of hydrogen-bond acceptors (Lipinski definition) is 3. The van der Waals surface area contributed by atoms with Crippen LogP contribution in [0.3, 0.4) is 0 Å². The van der Waals surface area contributed by atoms with Crippen LogP contribution in [0.4, 0.5) is 8.78 Å². The van der Waals surface area contributed by atoms with Crippen LogP contribution in [0.25, 0.3) is 0 Å². The number of nitrogens with one attached hydrogen (secondary N) is 1. The van der Waals surface area contributed by atoms with Gasteiger partial charge in [-0.05, 0) is 0 Å². The topological polar surface area (TPSA) is 52.5 Å². The molecule has 1 fully saturated rings. The van der Waals surface area contributed by atoms with Gasteiger partial charge in [0, 0.05) is 13.1 Å². The van der Waals surface area contributed by atoms with Crippen LogP contribution in [0, 0.1) is 5.92 Å². The van der Waals surface area contributed by atoms with Gasteiger partial charge in [-0.15, -0.1) is 12.4 Å². The molecule has 1 heterocycles. The van der Waals surface area contributed by atoms with Crippen LogP contribution >= 0.6 is 12.4 Å². The van der Waals surface area contributed by atoms with Gasteiger partial charge in [-0.3, -0.25) is 0 Å². The molecule has 0 aromatic rings. The van der Waals surface area contributed by atoms with Gasteiger partial charge in [0.15, 0.2) is 0 Å². The fourth-order valence-corrected chi connectivity index (χ4v) is 1.16. The van der Waals surface area contributed by atoms with Gasteiger partial charge in [0.2, 0.25) is 6.43 Å². The van der Waals surface area contributed by atoms with E-state index in [0.717, 1.165) is 0 Å². The van der Waals surface area contributed by atoms with Crippen molar-refractivity contribution in [2.24, 2.45) is 5.92 Å². The standard InChI is InChI=1S/C6H11F2NO2.ClH/c7-6(8)3-1-9-2-4(10)5(3)11;/h3-6,9-11H,1-2H2;1H/t3?,4-,5-;/m1./s1. The van der Waals surface area contributed by atoms with Crippen molar-refractivity contribution in [2.75, 3.05) is 13.1 Å². The van der Waals surface area contributed by atoms with E-state index in [1.54, 1.807) is 0 Å². The van der Waals surface area contributed by atoms with Crippen molar-refractivity contribution >= 4 is 12.4 Å². The zero-order valence-corrected chi connectivity index (χ0v) is 7.10. The number of alkyl halides is 2. The summed E-state index contributed by atoms with van der Waals surface area (Å²) in [5, 5.41) is 20.6. The van der Waals surface area contributed by atoms with Crippen molar-refractivity contribution < 1.29 is 19.0 Å². The average Bonchev–Trinajstić information content (AvgIpc) is 1.94. The van der Waals surface area contributed by atoms with E-state index in [-0.39, 0.29) is 25.5 Å². The summed E-state index contributed by atoms with van der Waals surface area (Å²) in [6.07, 6.45) is -4.94. The van der Waals surface area contributed by atoms with E-state index in [0.29, 0.717) is 0 Å². The predicted octanol–water partition coefficient (Wildman–Crippen LogP) is -0.386. The van der Waals surface area contributed by atoms with Crippen LogP contribution in [-0.2, 0) is 0 Å². The lowest BCUT2D eigenvalue weighted by Crippen LogP contribution is -2.52. The molecule has 3 N–H and O–H groups in total. The summed E-state index contributed by atoms with van der Waals surface area (Å²) in [7, 11) is 0. The van der Waals surface area contributed by atoms with E-state index in [2.05, 4.69) is 5.32 Å². The SMILES string of the molecule is Cl.O[C@@H]1CNCC(C(F)F)[C@H]1O. The third-order valence-corrected chi connectivity index (χ3v) is 1.89. The van der Waals surface area contributed by atoms with E-state index < -0.39 is 24.6 Å². The molecule has 0 radical (unpaired) electrons. The van der Waals surface area contributed by atoms with Gasteiger partial charge in [-0.25, -0.2) is 8.78 Å². The Morgan fingerprint density at radius 2 is 1.83 bits per heavy atom. The number of hydrogen-bond donors (Lipinski definition) is 3. The van der Waals surface area contributed by atoms with Crippen LogP contribution in [-0.4, -0.2) is 41.9 Å². The minimum atomic E-state index is -2.58. The van der Waals surface area contributed by atoms with Crippen molar-refractivity contribution in [1.29, 1.82) is 0 Å². The highest BCUT2D eigenvalue weighted by Gasteiger charge is 2.36. The molecule has 1 saturated heterocycles. The smallest absolute Gasteiger partial charge is 0.245 e. The first kappa shape index (κ1) is 12.0. The molecule has 1 aliphatic rings. The molecule has 0 aliphatic carbocycles. The van der Waals surface area contributed by atoms with E-state index >= 15 is 0 Å². The third kappa shape index (κ3) is 2.52. The van der Waals surface area contributed by atoms with Crippen molar-refractivity contribution in [2.45, 2.75) is 18.6 Å². The number of halogens is 3. The molecule has 12 heavy (non-hydrogen) atoms. The van der Waals surface area contributed by atoms with Crippen LogP contribution in [0.5, 0.6) is 0 Å². The average molecular weight is 204 g/mol. The Hall–Kier alpha value is 0.0300. The Kier molecular flexibility index (Phi) is 4.92. The summed E-state index contributed by atoms with van der Waals surface area (Å²) in [4.78, 5) is 0. The molecule has 0 spiro atoms. The van der Waals surface area contributed by atoms with E-state index in [1.165, 1.54) is 0 Å². The van der Waals surface area contributed by atoms with Gasteiger partial charge >= 0.3 is 0 Å². The monoisotopic (exact) mass is 203 g/mol. The summed E-state index contributed by atoms with van der Waals surface area (Å²) in [6.45, 7) is 0.250. The molecule has 3 nitrogen and oxygen atoms in total. The minimum absolute atomic E-state index is 0. The molecular weight excluding hydrogens is 192 g/mol. The van der Waals surface area contributed by atoms with Gasteiger partial charge in [0.25, 0.3) is 0 Å². The molecule has 0 aromatic heterocycles. The zero-order chi connectivity index (χ0) is 8.43. The summed E-state index contributed by atoms with van der Waals surface area (Å²) in [5.41, 5.74) is 0. The van der Waals surface area contributed by atoms with Gasteiger partial charge in [-0.1, -0.05) is 0 Å². The highest BCUT2D eigenvalue weighted by molar-refractivity contribution is 5.85. The summed E-state index contributed by atoms with van der Waals surface area (Å²) < 4.78 is 24.1. The Balaban J connectivity index is 0.00000121. The molecule has 0 amide bonds. The fraction of sp³-hybridized carbons (Fsp3) is 1.00. The number of piperidine rings is 1. The minimum Gasteiger partial charge on any atom is -0.390 e. The van der Waals surface area contributed by atoms with Crippen molar-refractivity contribution in [3.8, 4) is 0 Å². The quantitative estimate of drug-likeness (QED) is 0.544. The number of rotatable bonds is 1. The van der Waals surface area contributed by atoms with Crippen LogP contribution in [0.2, 0.25) is 0 Å². The first-order valence-electron chi connectivity index (χ1n) is 3.48. The largest absolute Gasteiger partial charge is 0.390 e. The van der Waals surface area contributed by atoms with E-state index in [4.69, 9.17) is 10.2 Å². The molecule has 1 rings (SSSR count). The van der Waals surface area contributed by atoms with Crippen LogP contribution in [0.15, 0.2) is 0 Å². The molecule has 0 saturated carbocycles. The normalized spacial score (nSPS) is 36.2. The van der Waals surface area contributed by atoms with Gasteiger partial charge < -0.3 is 15.5 Å². The Morgan fingerprint density at radius 1 is 1.25 bits per heavy atom. The maximum Gasteiger partial charge on any atom is 0.245 e. The molecular formula is C6H12ClF2NO2. The summed E-state index contributed by atoms with van der Waals surface area (Å²) in [5.74, 6) is -1.14. The molecule has 1 unspecified atom stereocenters.